The average molecular weight is 303 g/mol. The third kappa shape index (κ3) is 4.74. The SMILES string of the molecule is CN(Cc1csc(C#CCCO)c1)C(=O)Cn1cccn1. The molecule has 5 nitrogen and oxygen atoms in total. The summed E-state index contributed by atoms with van der Waals surface area (Å²) in [6, 6.07) is 3.77. The van der Waals surface area contributed by atoms with E-state index in [1.165, 1.54) is 0 Å². The lowest BCUT2D eigenvalue weighted by molar-refractivity contribution is -0.131. The van der Waals surface area contributed by atoms with Crippen molar-refractivity contribution in [3.63, 3.8) is 0 Å². The van der Waals surface area contributed by atoms with E-state index in [4.69, 9.17) is 5.11 Å². The fourth-order valence-corrected chi connectivity index (χ4v) is 2.52. The van der Waals surface area contributed by atoms with Crippen LogP contribution in [0.4, 0.5) is 0 Å². The van der Waals surface area contributed by atoms with Crippen molar-refractivity contribution in [1.29, 1.82) is 0 Å². The average Bonchev–Trinajstić information content (AvgIpc) is 3.11. The lowest BCUT2D eigenvalue weighted by atomic mass is 10.3. The second kappa shape index (κ2) is 7.62. The zero-order valence-electron chi connectivity index (χ0n) is 11.8. The Hall–Kier alpha value is -2.10. The Labute approximate surface area is 127 Å². The van der Waals surface area contributed by atoms with Gasteiger partial charge in [0.15, 0.2) is 0 Å². The van der Waals surface area contributed by atoms with Gasteiger partial charge in [-0.2, -0.15) is 5.10 Å². The van der Waals surface area contributed by atoms with Crippen LogP contribution >= 0.6 is 11.3 Å². The molecular formula is C15H17N3O2S. The number of nitrogens with zero attached hydrogens (tertiary/aromatic N) is 3. The highest BCUT2D eigenvalue weighted by molar-refractivity contribution is 7.10. The first-order chi connectivity index (χ1) is 10.2. The molecule has 0 saturated carbocycles. The van der Waals surface area contributed by atoms with Gasteiger partial charge >= 0.3 is 0 Å². The lowest BCUT2D eigenvalue weighted by Gasteiger charge is -2.16. The van der Waals surface area contributed by atoms with Crippen molar-refractivity contribution in [2.45, 2.75) is 19.5 Å². The van der Waals surface area contributed by atoms with Crippen LogP contribution in [0.3, 0.4) is 0 Å². The number of aromatic nitrogens is 2. The minimum atomic E-state index is 0.0119. The van der Waals surface area contributed by atoms with E-state index in [0.717, 1.165) is 10.4 Å². The fourth-order valence-electron chi connectivity index (χ4n) is 1.74. The number of hydrogen-bond donors (Lipinski definition) is 1. The number of carbonyl (C=O) groups excluding carboxylic acids is 1. The molecule has 2 heterocycles. The summed E-state index contributed by atoms with van der Waals surface area (Å²) in [7, 11) is 1.78. The van der Waals surface area contributed by atoms with Crippen LogP contribution < -0.4 is 0 Å². The summed E-state index contributed by atoms with van der Waals surface area (Å²) in [6.07, 6.45) is 3.91. The van der Waals surface area contributed by atoms with E-state index in [1.54, 1.807) is 46.4 Å². The third-order valence-corrected chi connectivity index (χ3v) is 3.70. The number of thiophene rings is 1. The van der Waals surface area contributed by atoms with Gasteiger partial charge in [-0.3, -0.25) is 9.48 Å². The Morgan fingerprint density at radius 1 is 1.57 bits per heavy atom. The Balaban J connectivity index is 1.89. The van der Waals surface area contributed by atoms with Gasteiger partial charge in [0.2, 0.25) is 5.91 Å². The first-order valence-corrected chi connectivity index (χ1v) is 7.45. The van der Waals surface area contributed by atoms with Crippen molar-refractivity contribution in [2.75, 3.05) is 13.7 Å². The van der Waals surface area contributed by atoms with Crippen molar-refractivity contribution in [3.05, 3.63) is 40.3 Å². The standard InChI is InChI=1S/C15H17N3O2S/c1-17(15(20)11-18-7-4-6-16-18)10-13-9-14(21-12-13)5-2-3-8-19/h4,6-7,9,12,19H,3,8,10-11H2,1H3. The summed E-state index contributed by atoms with van der Waals surface area (Å²) < 4.78 is 1.61. The number of amides is 1. The van der Waals surface area contributed by atoms with Crippen LogP contribution in [0, 0.1) is 11.8 Å². The first-order valence-electron chi connectivity index (χ1n) is 6.57. The molecule has 2 rings (SSSR count). The quantitative estimate of drug-likeness (QED) is 0.848. The van der Waals surface area contributed by atoms with Crippen molar-refractivity contribution in [3.8, 4) is 11.8 Å². The molecular weight excluding hydrogens is 286 g/mol. The van der Waals surface area contributed by atoms with Gasteiger partial charge in [0.1, 0.15) is 6.54 Å². The fraction of sp³-hybridized carbons (Fsp3) is 0.333. The van der Waals surface area contributed by atoms with Gasteiger partial charge in [-0.15, -0.1) is 11.3 Å². The molecule has 6 heteroatoms. The molecule has 0 aromatic carbocycles. The van der Waals surface area contributed by atoms with Crippen LogP contribution in [0.25, 0.3) is 0 Å². The van der Waals surface area contributed by atoms with Crippen molar-refractivity contribution in [2.24, 2.45) is 0 Å². The number of likely N-dealkylation sites (N-methyl/N-ethyl adjacent to an activating group) is 1. The molecule has 0 spiro atoms. The number of aliphatic hydroxyl groups excluding tert-OH is 1. The van der Waals surface area contributed by atoms with E-state index in [0.29, 0.717) is 13.0 Å². The van der Waals surface area contributed by atoms with E-state index >= 15 is 0 Å². The highest BCUT2D eigenvalue weighted by atomic mass is 32.1. The first kappa shape index (κ1) is 15.3. The zero-order chi connectivity index (χ0) is 15.1. The summed E-state index contributed by atoms with van der Waals surface area (Å²) in [6.45, 7) is 0.880. The molecule has 2 aromatic heterocycles. The molecule has 0 saturated heterocycles. The second-order valence-corrected chi connectivity index (χ2v) is 5.46. The molecule has 110 valence electrons. The summed E-state index contributed by atoms with van der Waals surface area (Å²) in [5, 5.41) is 14.7. The van der Waals surface area contributed by atoms with Crippen molar-refractivity contribution < 1.29 is 9.90 Å². The molecule has 0 aliphatic carbocycles. The minimum absolute atomic E-state index is 0.0119. The number of carbonyl (C=O) groups is 1. The van der Waals surface area contributed by atoms with Gasteiger partial charge in [-0.1, -0.05) is 11.8 Å². The molecule has 0 fully saturated rings. The topological polar surface area (TPSA) is 58.4 Å². The van der Waals surface area contributed by atoms with Crippen LogP contribution in [-0.2, 0) is 17.9 Å². The van der Waals surface area contributed by atoms with E-state index in [9.17, 15) is 4.79 Å². The molecule has 1 amide bonds. The van der Waals surface area contributed by atoms with E-state index < -0.39 is 0 Å². The van der Waals surface area contributed by atoms with Crippen LogP contribution in [0.15, 0.2) is 29.9 Å². The van der Waals surface area contributed by atoms with E-state index in [-0.39, 0.29) is 19.1 Å². The summed E-state index contributed by atoms with van der Waals surface area (Å²) in [5.74, 6) is 5.90. The molecule has 1 N–H and O–H groups in total. The minimum Gasteiger partial charge on any atom is -0.395 e. The summed E-state index contributed by atoms with van der Waals surface area (Å²) >= 11 is 1.55. The van der Waals surface area contributed by atoms with Gasteiger partial charge in [0, 0.05) is 32.4 Å². The Morgan fingerprint density at radius 3 is 3.14 bits per heavy atom. The number of hydrogen-bond acceptors (Lipinski definition) is 4. The molecule has 0 aliphatic rings. The van der Waals surface area contributed by atoms with Crippen molar-refractivity contribution in [1.82, 2.24) is 14.7 Å². The lowest BCUT2D eigenvalue weighted by Crippen LogP contribution is -2.29. The van der Waals surface area contributed by atoms with Gasteiger partial charge in [-0.25, -0.2) is 0 Å². The number of aliphatic hydroxyl groups is 1. The molecule has 0 atom stereocenters. The highest BCUT2D eigenvalue weighted by Gasteiger charge is 2.11. The highest BCUT2D eigenvalue weighted by Crippen LogP contribution is 2.15. The van der Waals surface area contributed by atoms with Gasteiger partial charge in [-0.05, 0) is 23.1 Å². The van der Waals surface area contributed by atoms with E-state index in [1.807, 2.05) is 11.4 Å². The summed E-state index contributed by atoms with van der Waals surface area (Å²) in [4.78, 5) is 14.7. The maximum atomic E-state index is 12.0. The third-order valence-electron chi connectivity index (χ3n) is 2.80. The largest absolute Gasteiger partial charge is 0.395 e. The predicted molar refractivity (Wildman–Crippen MR) is 81.6 cm³/mol. The molecule has 21 heavy (non-hydrogen) atoms. The predicted octanol–water partition coefficient (Wildman–Crippen LogP) is 1.34. The molecule has 2 aromatic rings. The molecule has 0 unspecified atom stereocenters. The molecule has 0 aliphatic heterocycles. The Morgan fingerprint density at radius 2 is 2.43 bits per heavy atom. The Bertz CT molecular complexity index is 637. The second-order valence-electron chi connectivity index (χ2n) is 4.55. The van der Waals surface area contributed by atoms with Crippen LogP contribution in [0.5, 0.6) is 0 Å². The maximum absolute atomic E-state index is 12.0. The van der Waals surface area contributed by atoms with Gasteiger partial charge in [0.25, 0.3) is 0 Å². The maximum Gasteiger partial charge on any atom is 0.244 e. The van der Waals surface area contributed by atoms with Crippen LogP contribution in [0.1, 0.15) is 16.9 Å². The normalized spacial score (nSPS) is 10.0. The van der Waals surface area contributed by atoms with Crippen LogP contribution in [0.2, 0.25) is 0 Å². The number of rotatable bonds is 5. The van der Waals surface area contributed by atoms with E-state index in [2.05, 4.69) is 16.9 Å². The zero-order valence-corrected chi connectivity index (χ0v) is 12.6. The monoisotopic (exact) mass is 303 g/mol. The Kier molecular flexibility index (Phi) is 5.55. The smallest absolute Gasteiger partial charge is 0.244 e. The van der Waals surface area contributed by atoms with Crippen LogP contribution in [-0.4, -0.2) is 39.3 Å². The van der Waals surface area contributed by atoms with Crippen molar-refractivity contribution >= 4 is 17.2 Å². The van der Waals surface area contributed by atoms with Gasteiger partial charge in [0.05, 0.1) is 11.5 Å². The molecule has 0 bridgehead atoms. The van der Waals surface area contributed by atoms with Gasteiger partial charge < -0.3 is 10.0 Å². The molecule has 0 radical (unpaired) electrons. The summed E-state index contributed by atoms with van der Waals surface area (Å²) in [5.41, 5.74) is 1.06.